The molecule has 2 aromatic carbocycles. The summed E-state index contributed by atoms with van der Waals surface area (Å²) in [6.45, 7) is 22.0. The fourth-order valence-corrected chi connectivity index (χ4v) is 4.31. The minimum Gasteiger partial charge on any atom is 4.00 e. The van der Waals surface area contributed by atoms with E-state index >= 15 is 0 Å². The van der Waals surface area contributed by atoms with Crippen molar-refractivity contribution < 1.29 is 31.1 Å². The van der Waals surface area contributed by atoms with Crippen LogP contribution in [0.1, 0.15) is 69.2 Å². The molecule has 182 valence electrons. The Labute approximate surface area is 259 Å². The second-order valence-corrected chi connectivity index (χ2v) is 10.9. The molecular formula is C32H40Se2U+2. The Bertz CT molecular complexity index is 624. The Morgan fingerprint density at radius 2 is 0.457 bits per heavy atom. The summed E-state index contributed by atoms with van der Waals surface area (Å²) in [5, 5.41) is 0. The first kappa shape index (κ1) is 35.5. The van der Waals surface area contributed by atoms with Crippen molar-refractivity contribution in [2.24, 2.45) is 0 Å². The van der Waals surface area contributed by atoms with Crippen LogP contribution in [0.15, 0.2) is 60.7 Å². The Balaban J connectivity index is 0.000000442. The molecule has 2 saturated carbocycles. The maximum Gasteiger partial charge on any atom is 4.00 e. The third-order valence-electron chi connectivity index (χ3n) is 7.11. The molecule has 0 amide bonds. The van der Waals surface area contributed by atoms with Crippen molar-refractivity contribution in [2.45, 2.75) is 69.2 Å². The SMILES string of the molecule is C[C]1[C](C)[C](C)[C](C)[C]1C.C[C]1[C](C)[C](C)[C](C)[C]1C.[Se-]c1ccccc1.[Se-]c1ccccc1.[U+4]. The van der Waals surface area contributed by atoms with Gasteiger partial charge in [-0.2, -0.15) is 0 Å². The molecule has 2 aliphatic carbocycles. The van der Waals surface area contributed by atoms with Gasteiger partial charge >= 0.3 is 133 Å². The second kappa shape index (κ2) is 17.9. The maximum atomic E-state index is 2.90. The van der Waals surface area contributed by atoms with Gasteiger partial charge in [-0.25, -0.2) is 0 Å². The summed E-state index contributed by atoms with van der Waals surface area (Å²) in [5.41, 5.74) is 0. The van der Waals surface area contributed by atoms with E-state index in [-0.39, 0.29) is 31.1 Å². The monoisotopic (exact) mass is 822 g/mol. The van der Waals surface area contributed by atoms with E-state index in [0.717, 1.165) is 0 Å². The molecule has 0 N–H and O–H groups in total. The van der Waals surface area contributed by atoms with E-state index in [1.165, 1.54) is 68.1 Å². The van der Waals surface area contributed by atoms with Crippen molar-refractivity contribution in [3.8, 4) is 0 Å². The zero-order valence-electron chi connectivity index (χ0n) is 23.1. The van der Waals surface area contributed by atoms with Gasteiger partial charge in [-0.15, -0.1) is 0 Å². The standard InChI is InChI=1S/2C10H15.2C6H6Se.U/c2*1-6-7(2)9(4)10(5)8(6)3;2*7-6-4-2-1-3-5-6;/h2*1-5H3;2*1-5,7H;/q;;;;+4/p-2. The van der Waals surface area contributed by atoms with E-state index in [1.807, 2.05) is 60.7 Å². The van der Waals surface area contributed by atoms with Gasteiger partial charge < -0.3 is 0 Å². The fraction of sp³-hybridized carbons (Fsp3) is 0.312. The van der Waals surface area contributed by atoms with Gasteiger partial charge in [0.2, 0.25) is 0 Å². The molecule has 35 heavy (non-hydrogen) atoms. The molecule has 0 spiro atoms. The zero-order valence-corrected chi connectivity index (χ0v) is 30.7. The van der Waals surface area contributed by atoms with Gasteiger partial charge in [-0.3, -0.25) is 0 Å². The minimum atomic E-state index is 0. The molecule has 10 radical (unpaired) electrons. The predicted octanol–water partition coefficient (Wildman–Crippen LogP) is 6.90. The molecule has 3 heteroatoms. The van der Waals surface area contributed by atoms with Crippen molar-refractivity contribution in [1.82, 2.24) is 0 Å². The van der Waals surface area contributed by atoms with Crippen LogP contribution in [-0.2, 0) is 0 Å². The first-order valence-electron chi connectivity index (χ1n) is 11.7. The van der Waals surface area contributed by atoms with Crippen LogP contribution in [-0.4, -0.2) is 32.0 Å². The summed E-state index contributed by atoms with van der Waals surface area (Å²) in [7, 11) is 0. The van der Waals surface area contributed by atoms with Gasteiger partial charge in [0, 0.05) is 0 Å². The molecule has 2 aromatic rings. The summed E-state index contributed by atoms with van der Waals surface area (Å²) in [5.74, 6) is 14.7. The molecule has 0 bridgehead atoms. The van der Waals surface area contributed by atoms with Crippen LogP contribution in [0, 0.1) is 90.3 Å². The first-order chi connectivity index (χ1) is 15.9. The Morgan fingerprint density at radius 3 is 0.543 bits per heavy atom. The van der Waals surface area contributed by atoms with Crippen molar-refractivity contribution in [2.75, 3.05) is 0 Å². The van der Waals surface area contributed by atoms with E-state index < -0.39 is 0 Å². The summed E-state index contributed by atoms with van der Waals surface area (Å²) < 4.78 is 2.39. The molecular weight excluding hydrogens is 780 g/mol. The van der Waals surface area contributed by atoms with Crippen LogP contribution >= 0.6 is 0 Å². The van der Waals surface area contributed by atoms with E-state index in [1.54, 1.807) is 0 Å². The van der Waals surface area contributed by atoms with Crippen LogP contribution in [0.25, 0.3) is 0 Å². The topological polar surface area (TPSA) is 0 Å². The first-order valence-corrected chi connectivity index (χ1v) is 13.4. The molecule has 0 nitrogen and oxygen atoms in total. The fourth-order valence-electron chi connectivity index (χ4n) is 3.65. The Kier molecular flexibility index (Phi) is 18.2. The Morgan fingerprint density at radius 1 is 0.314 bits per heavy atom. The van der Waals surface area contributed by atoms with Crippen molar-refractivity contribution in [1.29, 1.82) is 0 Å². The molecule has 0 atom stereocenters. The molecule has 0 aliphatic heterocycles. The smallest absolute Gasteiger partial charge is 4.00 e. The van der Waals surface area contributed by atoms with E-state index in [2.05, 4.69) is 101 Å². The van der Waals surface area contributed by atoms with Crippen LogP contribution in [0.2, 0.25) is 0 Å². The average molecular weight is 821 g/mol. The normalized spacial score (nSPS) is 19.7. The van der Waals surface area contributed by atoms with Crippen LogP contribution in [0.3, 0.4) is 0 Å². The Hall–Kier alpha value is 0.531. The molecule has 0 unspecified atom stereocenters. The van der Waals surface area contributed by atoms with E-state index in [4.69, 9.17) is 0 Å². The molecule has 4 rings (SSSR count). The second-order valence-electron chi connectivity index (χ2n) is 8.88. The number of hydrogen-bond donors (Lipinski definition) is 0. The predicted molar refractivity (Wildman–Crippen MR) is 153 cm³/mol. The van der Waals surface area contributed by atoms with Gasteiger partial charge in [-0.1, -0.05) is 69.2 Å². The molecule has 0 saturated heterocycles. The van der Waals surface area contributed by atoms with Gasteiger partial charge in [0.15, 0.2) is 0 Å². The van der Waals surface area contributed by atoms with Gasteiger partial charge in [0.1, 0.15) is 0 Å². The number of benzene rings is 2. The summed E-state index contributed by atoms with van der Waals surface area (Å²) in [6, 6.07) is 20.1. The molecule has 2 fully saturated rings. The quantitative estimate of drug-likeness (QED) is 0.254. The number of rotatable bonds is 0. The van der Waals surface area contributed by atoms with Gasteiger partial charge in [0.05, 0.1) is 0 Å². The summed E-state index contributed by atoms with van der Waals surface area (Å²) in [4.78, 5) is 0. The summed E-state index contributed by atoms with van der Waals surface area (Å²) in [6.07, 6.45) is 0. The third-order valence-corrected chi connectivity index (χ3v) is 8.25. The van der Waals surface area contributed by atoms with Gasteiger partial charge in [0.25, 0.3) is 0 Å². The van der Waals surface area contributed by atoms with Crippen LogP contribution in [0.4, 0.5) is 0 Å². The summed E-state index contributed by atoms with van der Waals surface area (Å²) >= 11 is 5.80. The molecule has 0 heterocycles. The van der Waals surface area contributed by atoms with Crippen molar-refractivity contribution >= 4 is 40.9 Å². The average Bonchev–Trinajstić information content (AvgIpc) is 3.11. The minimum absolute atomic E-state index is 0. The van der Waals surface area contributed by atoms with Gasteiger partial charge in [-0.05, 0) is 59.2 Å². The largest absolute Gasteiger partial charge is 4.00 e. The van der Waals surface area contributed by atoms with Crippen molar-refractivity contribution in [3.05, 3.63) is 120 Å². The van der Waals surface area contributed by atoms with E-state index in [0.29, 0.717) is 0 Å². The third kappa shape index (κ3) is 11.4. The molecule has 0 aromatic heterocycles. The van der Waals surface area contributed by atoms with Crippen LogP contribution < -0.4 is 8.92 Å². The van der Waals surface area contributed by atoms with E-state index in [9.17, 15) is 0 Å². The number of hydrogen-bond acceptors (Lipinski definition) is 0. The molecule has 2 aliphatic rings. The van der Waals surface area contributed by atoms with Crippen molar-refractivity contribution in [3.63, 3.8) is 0 Å². The zero-order chi connectivity index (χ0) is 26.0. The van der Waals surface area contributed by atoms with Crippen LogP contribution in [0.5, 0.6) is 0 Å². The maximum absolute atomic E-state index is 2.90.